The summed E-state index contributed by atoms with van der Waals surface area (Å²) in [7, 11) is 0. The summed E-state index contributed by atoms with van der Waals surface area (Å²) in [5.74, 6) is 1.84. The van der Waals surface area contributed by atoms with Crippen LogP contribution in [-0.4, -0.2) is 25.1 Å². The molecule has 0 bridgehead atoms. The lowest BCUT2D eigenvalue weighted by atomic mass is 9.98. The quantitative estimate of drug-likeness (QED) is 0.233. The van der Waals surface area contributed by atoms with Gasteiger partial charge in [-0.1, -0.05) is 52.1 Å². The van der Waals surface area contributed by atoms with Crippen LogP contribution in [0, 0.1) is 0 Å². The third-order valence-electron chi connectivity index (χ3n) is 5.70. The molecule has 0 amide bonds. The summed E-state index contributed by atoms with van der Waals surface area (Å²) in [6.45, 7) is 0.105. The summed E-state index contributed by atoms with van der Waals surface area (Å²) >= 11 is 18.9. The molecule has 10 heteroatoms. The van der Waals surface area contributed by atoms with Crippen LogP contribution in [0.15, 0.2) is 59.4 Å². The molecule has 0 unspecified atom stereocenters. The predicted octanol–water partition coefficient (Wildman–Crippen LogP) is 7.16. The number of halogens is 3. The average molecular weight is 525 g/mol. The Hall–Kier alpha value is -3.26. The van der Waals surface area contributed by atoms with Gasteiger partial charge in [-0.05, 0) is 54.8 Å². The fourth-order valence-corrected chi connectivity index (χ4v) is 4.43. The van der Waals surface area contributed by atoms with Gasteiger partial charge in [0.1, 0.15) is 5.82 Å². The van der Waals surface area contributed by atoms with Crippen molar-refractivity contribution in [2.45, 2.75) is 25.4 Å². The van der Waals surface area contributed by atoms with Crippen LogP contribution in [0.4, 0.5) is 0 Å². The first-order valence-electron chi connectivity index (χ1n) is 10.9. The molecule has 1 aliphatic rings. The maximum atomic E-state index is 6.60. The molecule has 1 aliphatic carbocycles. The third kappa shape index (κ3) is 4.55. The van der Waals surface area contributed by atoms with Gasteiger partial charge in [-0.3, -0.25) is 0 Å². The molecule has 6 rings (SSSR count). The first-order chi connectivity index (χ1) is 17.0. The highest BCUT2D eigenvalue weighted by molar-refractivity contribution is 6.36. The zero-order valence-electron chi connectivity index (χ0n) is 18.1. The summed E-state index contributed by atoms with van der Waals surface area (Å²) in [6.07, 6.45) is 3.33. The van der Waals surface area contributed by atoms with Crippen LogP contribution in [0.1, 0.15) is 30.4 Å². The van der Waals surface area contributed by atoms with Crippen LogP contribution in [0.3, 0.4) is 0 Å². The smallest absolute Gasteiger partial charge is 0.226 e. The van der Waals surface area contributed by atoms with Gasteiger partial charge >= 0.3 is 0 Å². The molecular formula is C25H16Cl3N5O2. The van der Waals surface area contributed by atoms with Crippen LogP contribution in [0.25, 0.3) is 33.4 Å². The second kappa shape index (κ2) is 9.07. The molecule has 174 valence electrons. The van der Waals surface area contributed by atoms with E-state index < -0.39 is 0 Å². The van der Waals surface area contributed by atoms with E-state index in [4.69, 9.17) is 59.0 Å². The van der Waals surface area contributed by atoms with Crippen molar-refractivity contribution in [3.05, 3.63) is 81.6 Å². The molecule has 0 saturated heterocycles. The summed E-state index contributed by atoms with van der Waals surface area (Å²) in [5, 5.41) is 6.15. The van der Waals surface area contributed by atoms with Crippen molar-refractivity contribution in [2.75, 3.05) is 0 Å². The number of hydrogen-bond donors (Lipinski definition) is 0. The van der Waals surface area contributed by atoms with Gasteiger partial charge < -0.3 is 9.26 Å². The number of nitrogens with zero attached hydrogens (tertiary/aromatic N) is 5. The first-order valence-corrected chi connectivity index (χ1v) is 12.0. The van der Waals surface area contributed by atoms with Crippen molar-refractivity contribution in [3.8, 4) is 28.3 Å². The molecule has 1 fully saturated rings. The van der Waals surface area contributed by atoms with E-state index in [0.717, 1.165) is 29.5 Å². The molecule has 5 aromatic rings. The molecule has 0 aliphatic heterocycles. The van der Waals surface area contributed by atoms with Crippen LogP contribution in [-0.2, 0) is 6.61 Å². The van der Waals surface area contributed by atoms with E-state index in [9.17, 15) is 0 Å². The number of ether oxygens (including phenoxy) is 1. The van der Waals surface area contributed by atoms with E-state index in [1.807, 2.05) is 36.4 Å². The number of rotatable bonds is 6. The van der Waals surface area contributed by atoms with Gasteiger partial charge in [0.15, 0.2) is 12.3 Å². The zero-order valence-corrected chi connectivity index (χ0v) is 20.3. The lowest BCUT2D eigenvalue weighted by molar-refractivity contribution is 0.278. The van der Waals surface area contributed by atoms with Crippen LogP contribution in [0.2, 0.25) is 15.1 Å². The molecule has 35 heavy (non-hydrogen) atoms. The Morgan fingerprint density at radius 2 is 1.69 bits per heavy atom. The fourth-order valence-electron chi connectivity index (χ4n) is 3.80. The largest absolute Gasteiger partial charge is 0.469 e. The highest BCUT2D eigenvalue weighted by atomic mass is 35.5. The molecule has 7 nitrogen and oxygen atoms in total. The molecule has 3 heterocycles. The van der Waals surface area contributed by atoms with Gasteiger partial charge in [-0.2, -0.15) is 9.97 Å². The third-order valence-corrected chi connectivity index (χ3v) is 6.50. The summed E-state index contributed by atoms with van der Waals surface area (Å²) in [6, 6.07) is 14.8. The number of pyridine rings is 1. The molecule has 2 aromatic carbocycles. The van der Waals surface area contributed by atoms with Crippen molar-refractivity contribution in [1.82, 2.24) is 25.1 Å². The predicted molar refractivity (Wildman–Crippen MR) is 134 cm³/mol. The maximum absolute atomic E-state index is 6.60. The number of hydrogen-bond acceptors (Lipinski definition) is 7. The lowest BCUT2D eigenvalue weighted by Gasteiger charge is -2.15. The van der Waals surface area contributed by atoms with Crippen molar-refractivity contribution in [3.63, 3.8) is 0 Å². The van der Waals surface area contributed by atoms with E-state index in [1.165, 1.54) is 6.39 Å². The summed E-state index contributed by atoms with van der Waals surface area (Å²) in [4.78, 5) is 18.5. The minimum atomic E-state index is 0.105. The Balaban J connectivity index is 1.57. The highest BCUT2D eigenvalue weighted by Gasteiger charge is 2.29. The van der Waals surface area contributed by atoms with Crippen LogP contribution < -0.4 is 4.74 Å². The van der Waals surface area contributed by atoms with Crippen molar-refractivity contribution in [2.24, 2.45) is 0 Å². The molecule has 3 aromatic heterocycles. The normalized spacial score (nSPS) is 13.3. The Labute approximate surface area is 215 Å². The van der Waals surface area contributed by atoms with Gasteiger partial charge in [0, 0.05) is 27.1 Å². The number of aromatic nitrogens is 5. The number of fused-ring (bicyclic) bond motifs is 1. The Morgan fingerprint density at radius 3 is 2.40 bits per heavy atom. The van der Waals surface area contributed by atoms with E-state index in [1.54, 1.807) is 12.1 Å². The Morgan fingerprint density at radius 1 is 0.886 bits per heavy atom. The zero-order chi connectivity index (χ0) is 23.9. The van der Waals surface area contributed by atoms with Gasteiger partial charge in [0.05, 0.1) is 16.1 Å². The highest BCUT2D eigenvalue weighted by Crippen LogP contribution is 2.42. The Kier molecular flexibility index (Phi) is 5.76. The summed E-state index contributed by atoms with van der Waals surface area (Å²) < 4.78 is 10.9. The SMILES string of the molecule is Clc1ccc(-c2cc3c(OCc4ncon4)nc(C4CC4)nc3nc2-c2ccc(Cl)cc2Cl)cc1. The lowest BCUT2D eigenvalue weighted by Crippen LogP contribution is -2.05. The van der Waals surface area contributed by atoms with E-state index >= 15 is 0 Å². The average Bonchev–Trinajstić information content (AvgIpc) is 3.58. The van der Waals surface area contributed by atoms with E-state index in [0.29, 0.717) is 55.2 Å². The van der Waals surface area contributed by atoms with Gasteiger partial charge in [-0.15, -0.1) is 0 Å². The monoisotopic (exact) mass is 523 g/mol. The molecule has 0 atom stereocenters. The molecule has 0 radical (unpaired) electrons. The first kappa shape index (κ1) is 22.2. The molecule has 1 saturated carbocycles. The van der Waals surface area contributed by atoms with E-state index in [-0.39, 0.29) is 6.61 Å². The van der Waals surface area contributed by atoms with Crippen LogP contribution in [0.5, 0.6) is 5.88 Å². The minimum Gasteiger partial charge on any atom is -0.469 e. The van der Waals surface area contributed by atoms with Gasteiger partial charge in [-0.25, -0.2) is 9.97 Å². The second-order valence-corrected chi connectivity index (χ2v) is 9.46. The van der Waals surface area contributed by atoms with Gasteiger partial charge in [0.2, 0.25) is 18.1 Å². The number of benzene rings is 2. The van der Waals surface area contributed by atoms with Crippen molar-refractivity contribution >= 4 is 45.8 Å². The minimum absolute atomic E-state index is 0.105. The fraction of sp³-hybridized carbons (Fsp3) is 0.160. The topological polar surface area (TPSA) is 86.8 Å². The van der Waals surface area contributed by atoms with Crippen LogP contribution >= 0.6 is 34.8 Å². The molecule has 0 N–H and O–H groups in total. The maximum Gasteiger partial charge on any atom is 0.226 e. The van der Waals surface area contributed by atoms with Crippen molar-refractivity contribution < 1.29 is 9.26 Å². The van der Waals surface area contributed by atoms with E-state index in [2.05, 4.69) is 10.1 Å². The van der Waals surface area contributed by atoms with Gasteiger partial charge in [0.25, 0.3) is 0 Å². The van der Waals surface area contributed by atoms with Crippen molar-refractivity contribution in [1.29, 1.82) is 0 Å². The molecular weight excluding hydrogens is 509 g/mol. The standard InChI is InChI=1S/C25H16Cl3N5O2/c26-15-5-3-13(4-6-15)18-10-19-24(30-22(18)17-8-7-16(27)9-20(17)28)31-23(14-1-2-14)32-25(19)34-11-21-29-12-35-33-21/h3-10,12,14H,1-2,11H2. The molecule has 0 spiro atoms. The Bertz CT molecular complexity index is 1540. The second-order valence-electron chi connectivity index (χ2n) is 8.18. The summed E-state index contributed by atoms with van der Waals surface area (Å²) in [5.41, 5.74) is 3.66.